The van der Waals surface area contributed by atoms with E-state index in [1.54, 1.807) is 0 Å². The van der Waals surface area contributed by atoms with E-state index in [2.05, 4.69) is 25.7 Å². The van der Waals surface area contributed by atoms with E-state index in [4.69, 9.17) is 18.0 Å². The van der Waals surface area contributed by atoms with Crippen molar-refractivity contribution in [1.29, 1.82) is 0 Å². The fraction of sp³-hybridized carbons (Fsp3) is 1.00. The van der Waals surface area contributed by atoms with Crippen LogP contribution in [0.2, 0.25) is 6.04 Å². The van der Waals surface area contributed by atoms with Gasteiger partial charge in [0.2, 0.25) is 0 Å². The first-order chi connectivity index (χ1) is 10.8. The van der Waals surface area contributed by atoms with Gasteiger partial charge in [-0.15, -0.1) is 0 Å². The Morgan fingerprint density at radius 3 is 1.82 bits per heavy atom. The van der Waals surface area contributed by atoms with Crippen molar-refractivity contribution >= 4 is 8.80 Å². The molecule has 0 bridgehead atoms. The van der Waals surface area contributed by atoms with E-state index in [1.165, 1.54) is 0 Å². The van der Waals surface area contributed by atoms with E-state index in [-0.39, 0.29) is 0 Å². The molecular weight excluding hydrogens is 298 g/mol. The largest absolute Gasteiger partial charge is 0.501 e. The van der Waals surface area contributed by atoms with Crippen molar-refractivity contribution in [3.63, 3.8) is 0 Å². The molecule has 0 spiro atoms. The number of nitrogens with zero attached hydrogens (tertiary/aromatic N) is 1. The molecule has 0 N–H and O–H groups in total. The highest BCUT2D eigenvalue weighted by molar-refractivity contribution is 6.60. The van der Waals surface area contributed by atoms with Gasteiger partial charge >= 0.3 is 8.80 Å². The zero-order valence-corrected chi connectivity index (χ0v) is 15.8. The fourth-order valence-electron chi connectivity index (χ4n) is 2.46. The van der Waals surface area contributed by atoms with Crippen molar-refractivity contribution in [2.75, 3.05) is 52.7 Å². The third-order valence-electron chi connectivity index (χ3n) is 3.64. The van der Waals surface area contributed by atoms with Gasteiger partial charge < -0.3 is 18.0 Å². The van der Waals surface area contributed by atoms with Crippen molar-refractivity contribution in [3.05, 3.63) is 0 Å². The summed E-state index contributed by atoms with van der Waals surface area (Å²) in [5, 5.41) is 0. The highest BCUT2D eigenvalue weighted by Crippen LogP contribution is 2.20. The molecule has 22 heavy (non-hydrogen) atoms. The summed E-state index contributed by atoms with van der Waals surface area (Å²) < 4.78 is 23.8. The Labute approximate surface area is 137 Å². The lowest BCUT2D eigenvalue weighted by molar-refractivity contribution is 0.0348. The minimum absolute atomic E-state index is 0.733. The van der Waals surface area contributed by atoms with Crippen LogP contribution in [0.3, 0.4) is 0 Å². The summed E-state index contributed by atoms with van der Waals surface area (Å²) >= 11 is 0. The first-order valence-electron chi connectivity index (χ1n) is 8.98. The molecule has 1 rings (SSSR count). The van der Waals surface area contributed by atoms with Gasteiger partial charge in [0.05, 0.1) is 13.2 Å². The standard InChI is InChI=1S/C16H35NO4Si/c1-4-11-19-22(20-12-5-2,21-13-6-3)16-7-8-17-9-14-18-15-10-17/h4-16H2,1-3H3. The predicted octanol–water partition coefficient (Wildman–Crippen LogP) is 2.93. The second-order valence-corrected chi connectivity index (χ2v) is 8.52. The van der Waals surface area contributed by atoms with E-state index in [0.29, 0.717) is 0 Å². The van der Waals surface area contributed by atoms with Gasteiger partial charge in [-0.25, -0.2) is 0 Å². The van der Waals surface area contributed by atoms with Crippen LogP contribution in [0.4, 0.5) is 0 Å². The molecule has 1 saturated heterocycles. The summed E-state index contributed by atoms with van der Waals surface area (Å²) in [4.78, 5) is 2.46. The molecule has 1 aliphatic heterocycles. The van der Waals surface area contributed by atoms with E-state index in [9.17, 15) is 0 Å². The smallest absolute Gasteiger partial charge is 0.379 e. The highest BCUT2D eigenvalue weighted by Gasteiger charge is 2.40. The molecule has 1 aliphatic rings. The maximum atomic E-state index is 6.12. The van der Waals surface area contributed by atoms with Gasteiger partial charge in [0.25, 0.3) is 0 Å². The molecule has 0 saturated carbocycles. The molecule has 6 heteroatoms. The Balaban J connectivity index is 2.47. The number of hydrogen-bond acceptors (Lipinski definition) is 5. The zero-order chi connectivity index (χ0) is 16.1. The molecule has 1 fully saturated rings. The average molecular weight is 334 g/mol. The lowest BCUT2D eigenvalue weighted by Crippen LogP contribution is -2.47. The van der Waals surface area contributed by atoms with Crippen molar-refractivity contribution in [3.8, 4) is 0 Å². The van der Waals surface area contributed by atoms with Crippen LogP contribution < -0.4 is 0 Å². The summed E-state index contributed by atoms with van der Waals surface area (Å²) in [5.74, 6) is 0. The van der Waals surface area contributed by atoms with Gasteiger partial charge in [-0.05, 0) is 32.2 Å². The van der Waals surface area contributed by atoms with E-state index in [1.807, 2.05) is 0 Å². The monoisotopic (exact) mass is 333 g/mol. The van der Waals surface area contributed by atoms with Crippen LogP contribution in [0.15, 0.2) is 0 Å². The minimum atomic E-state index is -2.50. The molecular formula is C16H35NO4Si. The summed E-state index contributed by atoms with van der Waals surface area (Å²) in [7, 11) is -2.50. The molecule has 1 heterocycles. The van der Waals surface area contributed by atoms with Gasteiger partial charge in [-0.3, -0.25) is 4.90 Å². The number of rotatable bonds is 13. The SMILES string of the molecule is CCCO[Si](CCCN1CCOCC1)(OCCC)OCCC. The van der Waals surface area contributed by atoms with E-state index in [0.717, 1.165) is 84.4 Å². The molecule has 132 valence electrons. The van der Waals surface area contributed by atoms with Crippen LogP contribution in [-0.2, 0) is 18.0 Å². The average Bonchev–Trinajstić information content (AvgIpc) is 2.57. The van der Waals surface area contributed by atoms with Crippen LogP contribution in [0, 0.1) is 0 Å². The third-order valence-corrected chi connectivity index (χ3v) is 6.54. The van der Waals surface area contributed by atoms with Gasteiger partial charge in [0.1, 0.15) is 0 Å². The van der Waals surface area contributed by atoms with Crippen LogP contribution in [-0.4, -0.2) is 66.4 Å². The number of morpholine rings is 1. The Bertz CT molecular complexity index is 241. The number of hydrogen-bond donors (Lipinski definition) is 0. The lowest BCUT2D eigenvalue weighted by Gasteiger charge is -2.31. The molecule has 0 aromatic heterocycles. The number of ether oxygens (including phenoxy) is 1. The Morgan fingerprint density at radius 2 is 1.36 bits per heavy atom. The zero-order valence-electron chi connectivity index (χ0n) is 14.8. The second-order valence-electron chi connectivity index (χ2n) is 5.79. The van der Waals surface area contributed by atoms with E-state index < -0.39 is 8.80 Å². The topological polar surface area (TPSA) is 40.2 Å². The van der Waals surface area contributed by atoms with Crippen LogP contribution >= 0.6 is 0 Å². The summed E-state index contributed by atoms with van der Waals surface area (Å²) in [6.45, 7) is 13.5. The van der Waals surface area contributed by atoms with Crippen LogP contribution in [0.25, 0.3) is 0 Å². The first kappa shape index (κ1) is 20.1. The predicted molar refractivity (Wildman–Crippen MR) is 91.2 cm³/mol. The Morgan fingerprint density at radius 1 is 0.864 bits per heavy atom. The van der Waals surface area contributed by atoms with Crippen LogP contribution in [0.1, 0.15) is 46.5 Å². The molecule has 0 aromatic carbocycles. The quantitative estimate of drug-likeness (QED) is 0.485. The maximum Gasteiger partial charge on any atom is 0.501 e. The highest BCUT2D eigenvalue weighted by atomic mass is 28.4. The second kappa shape index (κ2) is 12.4. The Hall–Kier alpha value is 0.0169. The van der Waals surface area contributed by atoms with Gasteiger partial charge in [-0.2, -0.15) is 0 Å². The Kier molecular flexibility index (Phi) is 11.3. The van der Waals surface area contributed by atoms with E-state index >= 15 is 0 Å². The molecule has 5 nitrogen and oxygen atoms in total. The molecule has 0 radical (unpaired) electrons. The molecule has 0 unspecified atom stereocenters. The normalized spacial score (nSPS) is 17.0. The maximum absolute atomic E-state index is 6.12. The molecule has 0 amide bonds. The van der Waals surface area contributed by atoms with Gasteiger partial charge in [-0.1, -0.05) is 20.8 Å². The first-order valence-corrected chi connectivity index (χ1v) is 10.9. The molecule has 0 atom stereocenters. The van der Waals surface area contributed by atoms with Crippen molar-refractivity contribution < 1.29 is 18.0 Å². The van der Waals surface area contributed by atoms with Gasteiger partial charge in [0.15, 0.2) is 0 Å². The van der Waals surface area contributed by atoms with Crippen molar-refractivity contribution in [1.82, 2.24) is 4.90 Å². The third kappa shape index (κ3) is 8.03. The van der Waals surface area contributed by atoms with Crippen molar-refractivity contribution in [2.24, 2.45) is 0 Å². The lowest BCUT2D eigenvalue weighted by atomic mass is 10.3. The summed E-state index contributed by atoms with van der Waals surface area (Å²) in [6.07, 6.45) is 4.08. The summed E-state index contributed by atoms with van der Waals surface area (Å²) in [6, 6.07) is 0.921. The fourth-order valence-corrected chi connectivity index (χ4v) is 5.28. The minimum Gasteiger partial charge on any atom is -0.379 e. The van der Waals surface area contributed by atoms with Crippen LogP contribution in [0.5, 0.6) is 0 Å². The summed E-state index contributed by atoms with van der Waals surface area (Å²) in [5.41, 5.74) is 0. The van der Waals surface area contributed by atoms with Crippen molar-refractivity contribution in [2.45, 2.75) is 52.5 Å². The molecule has 0 aromatic rings. The van der Waals surface area contributed by atoms with Gasteiger partial charge in [0, 0.05) is 39.0 Å². The molecule has 0 aliphatic carbocycles.